The van der Waals surface area contributed by atoms with E-state index >= 15 is 0 Å². The molecule has 2 aromatic rings. The molecule has 8 heteroatoms. The minimum absolute atomic E-state index is 0.0762. The highest BCUT2D eigenvalue weighted by atomic mass is 19.1. The Kier molecular flexibility index (Phi) is 4.27. The number of rotatable bonds is 5. The molecule has 0 aliphatic rings. The van der Waals surface area contributed by atoms with Crippen LogP contribution in [0.25, 0.3) is 0 Å². The molecule has 1 heterocycles. The highest BCUT2D eigenvalue weighted by Crippen LogP contribution is 2.26. The third-order valence-electron chi connectivity index (χ3n) is 3.02. The summed E-state index contributed by atoms with van der Waals surface area (Å²) >= 11 is 0. The minimum Gasteiger partial charge on any atom is -0.378 e. The molecule has 2 rings (SSSR count). The Morgan fingerprint density at radius 3 is 2.86 bits per heavy atom. The van der Waals surface area contributed by atoms with Crippen molar-refractivity contribution < 1.29 is 9.31 Å². The van der Waals surface area contributed by atoms with Crippen molar-refractivity contribution in [2.45, 2.75) is 13.3 Å². The summed E-state index contributed by atoms with van der Waals surface area (Å²) < 4.78 is 13.0. The van der Waals surface area contributed by atoms with Gasteiger partial charge >= 0.3 is 5.69 Å². The molecule has 0 aliphatic carbocycles. The molecule has 110 valence electrons. The van der Waals surface area contributed by atoms with E-state index in [-0.39, 0.29) is 23.1 Å². The normalized spacial score (nSPS) is 10.4. The van der Waals surface area contributed by atoms with E-state index in [9.17, 15) is 14.5 Å². The van der Waals surface area contributed by atoms with Crippen LogP contribution in [0.5, 0.6) is 0 Å². The lowest BCUT2D eigenvalue weighted by molar-refractivity contribution is -0.383. The zero-order valence-corrected chi connectivity index (χ0v) is 11.3. The largest absolute Gasteiger partial charge is 0.378 e. The number of nitro groups is 1. The predicted molar refractivity (Wildman–Crippen MR) is 76.4 cm³/mol. The van der Waals surface area contributed by atoms with Crippen molar-refractivity contribution in [3.8, 4) is 0 Å². The van der Waals surface area contributed by atoms with E-state index in [1.54, 1.807) is 6.07 Å². The maximum atomic E-state index is 13.0. The molecule has 0 bridgehead atoms. The molecule has 0 unspecified atom stereocenters. The first-order chi connectivity index (χ1) is 9.99. The average molecular weight is 291 g/mol. The number of hydrogen-bond acceptors (Lipinski definition) is 6. The summed E-state index contributed by atoms with van der Waals surface area (Å²) in [6.45, 7) is 2.22. The van der Waals surface area contributed by atoms with Crippen molar-refractivity contribution in [1.29, 1.82) is 0 Å². The predicted octanol–water partition coefficient (Wildman–Crippen LogP) is 2.07. The van der Waals surface area contributed by atoms with Gasteiger partial charge in [-0.1, -0.05) is 6.07 Å². The van der Waals surface area contributed by atoms with Crippen LogP contribution in [0.3, 0.4) is 0 Å². The van der Waals surface area contributed by atoms with Crippen LogP contribution in [-0.2, 0) is 6.42 Å². The number of aromatic nitrogens is 2. The van der Waals surface area contributed by atoms with Crippen LogP contribution in [-0.4, -0.2) is 21.4 Å². The van der Waals surface area contributed by atoms with Crippen LogP contribution in [0.4, 0.5) is 21.7 Å². The van der Waals surface area contributed by atoms with Gasteiger partial charge in [0.05, 0.1) is 4.92 Å². The molecule has 0 saturated carbocycles. The third kappa shape index (κ3) is 3.41. The van der Waals surface area contributed by atoms with E-state index in [0.717, 1.165) is 17.5 Å². The Labute approximate surface area is 120 Å². The molecule has 7 nitrogen and oxygen atoms in total. The number of nitrogen functional groups attached to an aromatic ring is 1. The van der Waals surface area contributed by atoms with Gasteiger partial charge in [-0.2, -0.15) is 0 Å². The number of anilines is 2. The number of nitrogens with one attached hydrogen (secondary N) is 1. The summed E-state index contributed by atoms with van der Waals surface area (Å²) in [5, 5.41) is 13.8. The van der Waals surface area contributed by atoms with Crippen LogP contribution in [0.2, 0.25) is 0 Å². The fourth-order valence-electron chi connectivity index (χ4n) is 1.96. The smallest absolute Gasteiger partial charge is 0.352 e. The van der Waals surface area contributed by atoms with Crippen molar-refractivity contribution in [1.82, 2.24) is 9.97 Å². The molecule has 0 spiro atoms. The van der Waals surface area contributed by atoms with Crippen LogP contribution in [0, 0.1) is 22.9 Å². The molecule has 0 saturated heterocycles. The Hall–Kier alpha value is -2.77. The second-order valence-electron chi connectivity index (χ2n) is 4.46. The highest BCUT2D eigenvalue weighted by Gasteiger charge is 2.20. The van der Waals surface area contributed by atoms with Crippen molar-refractivity contribution in [3.63, 3.8) is 0 Å². The number of aryl methyl sites for hydroxylation is 1. The molecule has 0 amide bonds. The van der Waals surface area contributed by atoms with Crippen molar-refractivity contribution in [3.05, 3.63) is 51.6 Å². The Balaban J connectivity index is 2.07. The van der Waals surface area contributed by atoms with Gasteiger partial charge in [-0.25, -0.2) is 14.4 Å². The second-order valence-corrected chi connectivity index (χ2v) is 4.46. The summed E-state index contributed by atoms with van der Waals surface area (Å²) in [4.78, 5) is 17.7. The SMILES string of the molecule is Cc1cc(F)ccc1CCNc1ncnc(N)c1[N+](=O)[O-]. The third-order valence-corrected chi connectivity index (χ3v) is 3.02. The van der Waals surface area contributed by atoms with E-state index in [1.165, 1.54) is 12.1 Å². The molecule has 21 heavy (non-hydrogen) atoms. The lowest BCUT2D eigenvalue weighted by atomic mass is 10.1. The lowest BCUT2D eigenvalue weighted by Gasteiger charge is -2.08. The Morgan fingerprint density at radius 2 is 2.19 bits per heavy atom. The van der Waals surface area contributed by atoms with E-state index in [2.05, 4.69) is 15.3 Å². The molecule has 0 radical (unpaired) electrons. The van der Waals surface area contributed by atoms with Gasteiger partial charge in [0.15, 0.2) is 0 Å². The van der Waals surface area contributed by atoms with Crippen LogP contribution >= 0.6 is 0 Å². The average Bonchev–Trinajstić information content (AvgIpc) is 2.41. The summed E-state index contributed by atoms with van der Waals surface area (Å²) in [6.07, 6.45) is 1.74. The zero-order chi connectivity index (χ0) is 15.4. The fourth-order valence-corrected chi connectivity index (χ4v) is 1.96. The fraction of sp³-hybridized carbons (Fsp3) is 0.231. The molecule has 1 aromatic heterocycles. The quantitative estimate of drug-likeness (QED) is 0.645. The topological polar surface area (TPSA) is 107 Å². The number of halogens is 1. The minimum atomic E-state index is -0.624. The summed E-state index contributed by atoms with van der Waals surface area (Å²) in [6, 6.07) is 4.52. The van der Waals surface area contributed by atoms with E-state index < -0.39 is 4.92 Å². The summed E-state index contributed by atoms with van der Waals surface area (Å²) in [5.41, 5.74) is 6.91. The number of nitrogens with two attached hydrogens (primary N) is 1. The van der Waals surface area contributed by atoms with Gasteiger partial charge in [0, 0.05) is 6.54 Å². The Morgan fingerprint density at radius 1 is 1.43 bits per heavy atom. The van der Waals surface area contributed by atoms with Gasteiger partial charge in [-0.15, -0.1) is 0 Å². The number of benzene rings is 1. The monoisotopic (exact) mass is 291 g/mol. The van der Waals surface area contributed by atoms with E-state index in [1.807, 2.05) is 6.92 Å². The maximum absolute atomic E-state index is 13.0. The second kappa shape index (κ2) is 6.12. The number of nitrogens with zero attached hydrogens (tertiary/aromatic N) is 3. The number of hydrogen-bond donors (Lipinski definition) is 2. The summed E-state index contributed by atoms with van der Waals surface area (Å²) in [7, 11) is 0. The first-order valence-corrected chi connectivity index (χ1v) is 6.23. The first-order valence-electron chi connectivity index (χ1n) is 6.23. The zero-order valence-electron chi connectivity index (χ0n) is 11.3. The molecular formula is C13H14FN5O2. The van der Waals surface area contributed by atoms with Gasteiger partial charge in [-0.3, -0.25) is 10.1 Å². The first kappa shape index (κ1) is 14.6. The molecule has 3 N–H and O–H groups in total. The van der Waals surface area contributed by atoms with Gasteiger partial charge in [0.1, 0.15) is 12.1 Å². The van der Waals surface area contributed by atoms with E-state index in [4.69, 9.17) is 5.73 Å². The van der Waals surface area contributed by atoms with Crippen LogP contribution in [0.15, 0.2) is 24.5 Å². The molecule has 0 fully saturated rings. The highest BCUT2D eigenvalue weighted by molar-refractivity contribution is 5.67. The van der Waals surface area contributed by atoms with Gasteiger partial charge in [0.2, 0.25) is 11.6 Å². The standard InChI is InChI=1S/C13H14FN5O2/c1-8-6-10(14)3-2-9(8)4-5-16-13-11(19(20)21)12(15)17-7-18-13/h2-3,6-7H,4-5H2,1H3,(H3,15,16,17,18). The van der Waals surface area contributed by atoms with Crippen molar-refractivity contribution in [2.75, 3.05) is 17.6 Å². The van der Waals surface area contributed by atoms with E-state index in [0.29, 0.717) is 13.0 Å². The summed E-state index contributed by atoms with van der Waals surface area (Å²) in [5.74, 6) is -0.397. The molecule has 0 aliphatic heterocycles. The Bertz CT molecular complexity index is 678. The van der Waals surface area contributed by atoms with Crippen LogP contribution < -0.4 is 11.1 Å². The molecule has 1 aromatic carbocycles. The van der Waals surface area contributed by atoms with Gasteiger partial charge in [-0.05, 0) is 36.6 Å². The van der Waals surface area contributed by atoms with Crippen LogP contribution in [0.1, 0.15) is 11.1 Å². The molecular weight excluding hydrogens is 277 g/mol. The van der Waals surface area contributed by atoms with Gasteiger partial charge < -0.3 is 11.1 Å². The molecule has 0 atom stereocenters. The van der Waals surface area contributed by atoms with Crippen molar-refractivity contribution >= 4 is 17.3 Å². The lowest BCUT2D eigenvalue weighted by Crippen LogP contribution is -2.11. The van der Waals surface area contributed by atoms with Gasteiger partial charge in [0.25, 0.3) is 0 Å². The van der Waals surface area contributed by atoms with Crippen molar-refractivity contribution in [2.24, 2.45) is 0 Å². The maximum Gasteiger partial charge on any atom is 0.352 e.